The molecule has 5 heteroatoms. The Hall–Kier alpha value is -0.940. The molecule has 1 heterocycles. The number of esters is 1. The number of carbonyl (C=O) groups is 2. The van der Waals surface area contributed by atoms with E-state index in [1.807, 2.05) is 6.92 Å². The largest absolute Gasteiger partial charge is 0.463 e. The first-order valence-electron chi connectivity index (χ1n) is 6.48. The van der Waals surface area contributed by atoms with Crippen molar-refractivity contribution in [3.8, 4) is 0 Å². The van der Waals surface area contributed by atoms with Crippen LogP contribution in [0.2, 0.25) is 0 Å². The first-order chi connectivity index (χ1) is 8.54. The molecule has 0 bridgehead atoms. The van der Waals surface area contributed by atoms with E-state index in [-0.39, 0.29) is 12.5 Å². The summed E-state index contributed by atoms with van der Waals surface area (Å²) in [5.74, 6) is -0.877. The van der Waals surface area contributed by atoms with E-state index >= 15 is 0 Å². The minimum Gasteiger partial charge on any atom is -0.463 e. The third-order valence-corrected chi connectivity index (χ3v) is 3.20. The molecule has 0 spiro atoms. The van der Waals surface area contributed by atoms with Crippen molar-refractivity contribution in [3.63, 3.8) is 0 Å². The summed E-state index contributed by atoms with van der Waals surface area (Å²) in [6.45, 7) is 1.85. The van der Waals surface area contributed by atoms with E-state index < -0.39 is 24.0 Å². The number of aliphatic hydroxyl groups is 1. The van der Waals surface area contributed by atoms with Crippen molar-refractivity contribution < 1.29 is 24.2 Å². The zero-order valence-electron chi connectivity index (χ0n) is 11.1. The van der Waals surface area contributed by atoms with Crippen LogP contribution in [0.25, 0.3) is 0 Å². The Kier molecular flexibility index (Phi) is 6.29. The number of rotatable bonds is 1. The van der Waals surface area contributed by atoms with Crippen molar-refractivity contribution in [1.29, 1.82) is 0 Å². The van der Waals surface area contributed by atoms with Crippen LogP contribution < -0.4 is 0 Å². The van der Waals surface area contributed by atoms with Crippen LogP contribution in [0.4, 0.5) is 0 Å². The smallest absolute Gasteiger partial charge is 0.309 e. The highest BCUT2D eigenvalue weighted by molar-refractivity contribution is 5.90. The van der Waals surface area contributed by atoms with Crippen LogP contribution in [0.1, 0.15) is 45.4 Å². The quantitative estimate of drug-likeness (QED) is 0.716. The fourth-order valence-corrected chi connectivity index (χ4v) is 2.09. The topological polar surface area (TPSA) is 72.8 Å². The zero-order valence-corrected chi connectivity index (χ0v) is 11.1. The van der Waals surface area contributed by atoms with Gasteiger partial charge < -0.3 is 14.6 Å². The van der Waals surface area contributed by atoms with Crippen molar-refractivity contribution in [2.24, 2.45) is 0 Å². The van der Waals surface area contributed by atoms with Gasteiger partial charge in [0, 0.05) is 7.11 Å². The SMILES string of the molecule is COC1CC(=O)OC(C)CCCCCC(O)C1=O. The second-order valence-corrected chi connectivity index (χ2v) is 4.79. The summed E-state index contributed by atoms with van der Waals surface area (Å²) in [6, 6.07) is 0. The van der Waals surface area contributed by atoms with E-state index in [0.29, 0.717) is 6.42 Å². The maximum Gasteiger partial charge on any atom is 0.309 e. The van der Waals surface area contributed by atoms with Crippen molar-refractivity contribution in [1.82, 2.24) is 0 Å². The monoisotopic (exact) mass is 258 g/mol. The summed E-state index contributed by atoms with van der Waals surface area (Å²) < 4.78 is 10.2. The number of aliphatic hydroxyl groups excluding tert-OH is 1. The lowest BCUT2D eigenvalue weighted by Gasteiger charge is -2.20. The molecule has 104 valence electrons. The fourth-order valence-electron chi connectivity index (χ4n) is 2.09. The number of ketones is 1. The predicted molar refractivity (Wildman–Crippen MR) is 65.1 cm³/mol. The van der Waals surface area contributed by atoms with E-state index in [2.05, 4.69) is 0 Å². The van der Waals surface area contributed by atoms with Crippen molar-refractivity contribution >= 4 is 11.8 Å². The molecule has 1 rings (SSSR count). The molecule has 5 nitrogen and oxygen atoms in total. The summed E-state index contributed by atoms with van der Waals surface area (Å²) in [5.41, 5.74) is 0. The van der Waals surface area contributed by atoms with E-state index in [4.69, 9.17) is 9.47 Å². The number of Topliss-reactive ketones (excluding diaryl/α,β-unsaturated/α-hetero) is 1. The number of hydrogen-bond donors (Lipinski definition) is 1. The molecular weight excluding hydrogens is 236 g/mol. The number of cyclic esters (lactones) is 1. The van der Waals surface area contributed by atoms with Gasteiger partial charge in [-0.1, -0.05) is 12.8 Å². The predicted octanol–water partition coefficient (Wildman–Crippen LogP) is 1.22. The highest BCUT2D eigenvalue weighted by Crippen LogP contribution is 2.15. The van der Waals surface area contributed by atoms with E-state index in [0.717, 1.165) is 25.7 Å². The molecule has 0 saturated carbocycles. The zero-order chi connectivity index (χ0) is 13.5. The van der Waals surface area contributed by atoms with E-state index in [9.17, 15) is 14.7 Å². The molecule has 1 fully saturated rings. The lowest BCUT2D eigenvalue weighted by Crippen LogP contribution is -2.36. The molecule has 1 aliphatic heterocycles. The molecule has 1 N–H and O–H groups in total. The van der Waals surface area contributed by atoms with Gasteiger partial charge in [0.15, 0.2) is 5.78 Å². The first kappa shape index (κ1) is 15.1. The van der Waals surface area contributed by atoms with Crippen LogP contribution >= 0.6 is 0 Å². The Morgan fingerprint density at radius 1 is 1.22 bits per heavy atom. The maximum atomic E-state index is 11.8. The van der Waals surface area contributed by atoms with Gasteiger partial charge >= 0.3 is 5.97 Å². The lowest BCUT2D eigenvalue weighted by atomic mass is 10.00. The van der Waals surface area contributed by atoms with Crippen LogP contribution in [0.15, 0.2) is 0 Å². The summed E-state index contributed by atoms with van der Waals surface area (Å²) in [7, 11) is 1.36. The van der Waals surface area contributed by atoms with Gasteiger partial charge in [-0.05, 0) is 26.2 Å². The van der Waals surface area contributed by atoms with Crippen LogP contribution in [-0.4, -0.2) is 42.3 Å². The molecule has 0 aromatic rings. The molecule has 3 unspecified atom stereocenters. The van der Waals surface area contributed by atoms with Crippen LogP contribution in [0, 0.1) is 0 Å². The van der Waals surface area contributed by atoms with Gasteiger partial charge in [-0.15, -0.1) is 0 Å². The van der Waals surface area contributed by atoms with Crippen molar-refractivity contribution in [2.75, 3.05) is 7.11 Å². The Bertz CT molecular complexity index is 289. The molecule has 1 aliphatic rings. The molecule has 0 amide bonds. The maximum absolute atomic E-state index is 11.8. The van der Waals surface area contributed by atoms with Crippen molar-refractivity contribution in [2.45, 2.75) is 63.8 Å². The van der Waals surface area contributed by atoms with Crippen LogP contribution in [-0.2, 0) is 19.1 Å². The highest BCUT2D eigenvalue weighted by atomic mass is 16.5. The Balaban J connectivity index is 2.68. The average Bonchev–Trinajstić information content (AvgIpc) is 2.33. The summed E-state index contributed by atoms with van der Waals surface area (Å²) >= 11 is 0. The summed E-state index contributed by atoms with van der Waals surface area (Å²) in [5, 5.41) is 9.72. The minimum atomic E-state index is -1.04. The van der Waals surface area contributed by atoms with Crippen LogP contribution in [0.3, 0.4) is 0 Å². The van der Waals surface area contributed by atoms with Crippen molar-refractivity contribution in [3.05, 3.63) is 0 Å². The standard InChI is InChI=1S/C13H22O5/c1-9-6-4-3-5-7-10(14)13(16)11(17-2)8-12(15)18-9/h9-11,14H,3-8H2,1-2H3. The molecule has 18 heavy (non-hydrogen) atoms. The normalized spacial score (nSPS) is 32.3. The second-order valence-electron chi connectivity index (χ2n) is 4.79. The average molecular weight is 258 g/mol. The van der Waals surface area contributed by atoms with Gasteiger partial charge in [0.25, 0.3) is 0 Å². The first-order valence-corrected chi connectivity index (χ1v) is 6.48. The molecular formula is C13H22O5. The lowest BCUT2D eigenvalue weighted by molar-refractivity contribution is -0.156. The Morgan fingerprint density at radius 2 is 1.89 bits per heavy atom. The van der Waals surface area contributed by atoms with Gasteiger partial charge in [-0.25, -0.2) is 0 Å². The third-order valence-electron chi connectivity index (χ3n) is 3.20. The molecule has 0 radical (unpaired) electrons. The van der Waals surface area contributed by atoms with Gasteiger partial charge in [0.2, 0.25) is 0 Å². The summed E-state index contributed by atoms with van der Waals surface area (Å²) in [6.07, 6.45) is 1.69. The van der Waals surface area contributed by atoms with Gasteiger partial charge in [-0.3, -0.25) is 9.59 Å². The van der Waals surface area contributed by atoms with Gasteiger partial charge in [0.05, 0.1) is 12.5 Å². The highest BCUT2D eigenvalue weighted by Gasteiger charge is 2.28. The molecule has 0 aliphatic carbocycles. The minimum absolute atomic E-state index is 0.128. The van der Waals surface area contributed by atoms with E-state index in [1.165, 1.54) is 7.11 Å². The summed E-state index contributed by atoms with van der Waals surface area (Å²) in [4.78, 5) is 23.4. The number of methoxy groups -OCH3 is 1. The van der Waals surface area contributed by atoms with Crippen LogP contribution in [0.5, 0.6) is 0 Å². The van der Waals surface area contributed by atoms with Gasteiger partial charge in [0.1, 0.15) is 12.2 Å². The Labute approximate surface area is 107 Å². The number of ether oxygens (including phenoxy) is 2. The third kappa shape index (κ3) is 4.74. The second kappa shape index (κ2) is 7.48. The number of hydrogen-bond acceptors (Lipinski definition) is 5. The number of carbonyl (C=O) groups excluding carboxylic acids is 2. The molecule has 0 aromatic heterocycles. The molecule has 1 saturated heterocycles. The molecule has 0 aromatic carbocycles. The van der Waals surface area contributed by atoms with Gasteiger partial charge in [-0.2, -0.15) is 0 Å². The van der Waals surface area contributed by atoms with E-state index in [1.54, 1.807) is 0 Å². The Morgan fingerprint density at radius 3 is 2.56 bits per heavy atom. The molecule has 3 atom stereocenters. The fraction of sp³-hybridized carbons (Fsp3) is 0.846.